The van der Waals surface area contributed by atoms with E-state index < -0.39 is 0 Å². The van der Waals surface area contributed by atoms with Crippen molar-refractivity contribution in [2.24, 2.45) is 4.99 Å². The smallest absolute Gasteiger partial charge is 0.101 e. The van der Waals surface area contributed by atoms with Gasteiger partial charge in [0.05, 0.1) is 6.54 Å². The van der Waals surface area contributed by atoms with Crippen molar-refractivity contribution in [2.45, 2.75) is 25.8 Å². The lowest BCUT2D eigenvalue weighted by atomic mass is 10.1. The fourth-order valence-electron chi connectivity index (χ4n) is 2.41. The molecule has 96 valence electrons. The van der Waals surface area contributed by atoms with Crippen molar-refractivity contribution in [1.82, 2.24) is 0 Å². The second kappa shape index (κ2) is 5.70. The van der Waals surface area contributed by atoms with Gasteiger partial charge in [0.25, 0.3) is 0 Å². The van der Waals surface area contributed by atoms with Gasteiger partial charge in [-0.3, -0.25) is 4.99 Å². The van der Waals surface area contributed by atoms with Crippen LogP contribution in [0.25, 0.3) is 0 Å². The van der Waals surface area contributed by atoms with E-state index in [1.807, 2.05) is 6.07 Å². The zero-order valence-corrected chi connectivity index (χ0v) is 11.0. The molecule has 0 radical (unpaired) electrons. The second-order valence-electron chi connectivity index (χ2n) is 4.88. The first-order valence-electron chi connectivity index (χ1n) is 6.84. The molecule has 1 aliphatic heterocycles. The van der Waals surface area contributed by atoms with Crippen LogP contribution in [0.2, 0.25) is 0 Å². The van der Waals surface area contributed by atoms with Crippen molar-refractivity contribution < 1.29 is 0 Å². The summed E-state index contributed by atoms with van der Waals surface area (Å²) >= 11 is 0. The molecule has 19 heavy (non-hydrogen) atoms. The molecule has 2 aromatic carbocycles. The quantitative estimate of drug-likeness (QED) is 0.855. The molecule has 1 heterocycles. The molecule has 0 fully saturated rings. The molecule has 0 saturated carbocycles. The second-order valence-corrected chi connectivity index (χ2v) is 4.88. The van der Waals surface area contributed by atoms with Crippen molar-refractivity contribution in [1.29, 1.82) is 0 Å². The van der Waals surface area contributed by atoms with Crippen LogP contribution in [0.1, 0.15) is 24.0 Å². The van der Waals surface area contributed by atoms with E-state index >= 15 is 0 Å². The van der Waals surface area contributed by atoms with Crippen LogP contribution >= 0.6 is 0 Å². The van der Waals surface area contributed by atoms with E-state index in [9.17, 15) is 0 Å². The number of anilines is 1. The monoisotopic (exact) mass is 250 g/mol. The number of hydrogen-bond donors (Lipinski definition) is 1. The maximum absolute atomic E-state index is 4.72. The van der Waals surface area contributed by atoms with Gasteiger partial charge in [-0.05, 0) is 30.0 Å². The summed E-state index contributed by atoms with van der Waals surface area (Å²) in [4.78, 5) is 4.72. The molecular formula is C17H18N2. The Hall–Kier alpha value is -2.09. The summed E-state index contributed by atoms with van der Waals surface area (Å²) in [6.07, 6.45) is 3.33. The molecule has 0 aromatic heterocycles. The minimum Gasteiger partial charge on any atom is -0.344 e. The van der Waals surface area contributed by atoms with Crippen LogP contribution in [0.4, 0.5) is 5.69 Å². The zero-order valence-electron chi connectivity index (χ0n) is 11.0. The van der Waals surface area contributed by atoms with E-state index in [1.54, 1.807) is 0 Å². The maximum atomic E-state index is 4.72. The van der Waals surface area contributed by atoms with Crippen LogP contribution in [0.5, 0.6) is 0 Å². The summed E-state index contributed by atoms with van der Waals surface area (Å²) in [6, 6.07) is 18.9. The summed E-state index contributed by atoms with van der Waals surface area (Å²) in [5.41, 5.74) is 3.87. The number of hydrogen-bond acceptors (Lipinski definition) is 1. The van der Waals surface area contributed by atoms with Crippen LogP contribution in [0, 0.1) is 0 Å². The first-order chi connectivity index (χ1) is 9.42. The number of nitrogens with zero attached hydrogens (tertiary/aromatic N) is 1. The van der Waals surface area contributed by atoms with Gasteiger partial charge in [0.1, 0.15) is 5.84 Å². The van der Waals surface area contributed by atoms with Crippen molar-refractivity contribution >= 4 is 11.5 Å². The summed E-state index contributed by atoms with van der Waals surface area (Å²) in [7, 11) is 0. The number of rotatable bonds is 2. The van der Waals surface area contributed by atoms with Gasteiger partial charge in [0.2, 0.25) is 0 Å². The molecule has 0 aliphatic carbocycles. The van der Waals surface area contributed by atoms with Crippen LogP contribution in [0.15, 0.2) is 59.6 Å². The first kappa shape index (κ1) is 12.0. The van der Waals surface area contributed by atoms with E-state index in [4.69, 9.17) is 4.99 Å². The third kappa shape index (κ3) is 3.02. The third-order valence-corrected chi connectivity index (χ3v) is 3.45. The SMILES string of the molecule is c1ccc(CN=C2CCCc3ccccc3N2)cc1. The van der Waals surface area contributed by atoms with Crippen molar-refractivity contribution in [3.63, 3.8) is 0 Å². The Morgan fingerprint density at radius 2 is 1.68 bits per heavy atom. The number of benzene rings is 2. The van der Waals surface area contributed by atoms with E-state index in [-0.39, 0.29) is 0 Å². The van der Waals surface area contributed by atoms with Gasteiger partial charge in [-0.25, -0.2) is 0 Å². The molecule has 0 bridgehead atoms. The topological polar surface area (TPSA) is 24.4 Å². The summed E-state index contributed by atoms with van der Waals surface area (Å²) in [5.74, 6) is 1.11. The average molecular weight is 250 g/mol. The number of nitrogens with one attached hydrogen (secondary N) is 1. The van der Waals surface area contributed by atoms with Crippen LogP contribution < -0.4 is 5.32 Å². The molecule has 1 aliphatic rings. The Kier molecular flexibility index (Phi) is 3.59. The minimum absolute atomic E-state index is 0.755. The Balaban J connectivity index is 1.75. The molecule has 0 unspecified atom stereocenters. The number of amidine groups is 1. The third-order valence-electron chi connectivity index (χ3n) is 3.45. The molecule has 0 saturated heterocycles. The highest BCUT2D eigenvalue weighted by Gasteiger charge is 2.10. The molecule has 2 nitrogen and oxygen atoms in total. The molecule has 2 heteroatoms. The van der Waals surface area contributed by atoms with Gasteiger partial charge in [-0.1, -0.05) is 48.5 Å². The molecule has 0 spiro atoms. The molecule has 0 atom stereocenters. The Labute approximate surface area is 114 Å². The number of para-hydroxylation sites is 1. The zero-order chi connectivity index (χ0) is 12.9. The van der Waals surface area contributed by atoms with Crippen LogP contribution in [0.3, 0.4) is 0 Å². The maximum Gasteiger partial charge on any atom is 0.101 e. The van der Waals surface area contributed by atoms with E-state index in [2.05, 4.69) is 53.8 Å². The lowest BCUT2D eigenvalue weighted by Gasteiger charge is -2.08. The van der Waals surface area contributed by atoms with Crippen LogP contribution in [-0.2, 0) is 13.0 Å². The van der Waals surface area contributed by atoms with Gasteiger partial charge in [0, 0.05) is 12.1 Å². The molecule has 0 amide bonds. The first-order valence-corrected chi connectivity index (χ1v) is 6.84. The molecule has 3 rings (SSSR count). The van der Waals surface area contributed by atoms with E-state index in [1.165, 1.54) is 16.8 Å². The minimum atomic E-state index is 0.755. The van der Waals surface area contributed by atoms with Crippen LogP contribution in [-0.4, -0.2) is 5.84 Å². The average Bonchev–Trinajstić information content (AvgIpc) is 2.68. The number of fused-ring (bicyclic) bond motifs is 1. The molecule has 2 aromatic rings. The highest BCUT2D eigenvalue weighted by molar-refractivity contribution is 5.96. The lowest BCUT2D eigenvalue weighted by Crippen LogP contribution is -2.10. The molecule has 1 N–H and O–H groups in total. The van der Waals surface area contributed by atoms with Gasteiger partial charge >= 0.3 is 0 Å². The largest absolute Gasteiger partial charge is 0.344 e. The summed E-state index contributed by atoms with van der Waals surface area (Å²) < 4.78 is 0. The standard InChI is InChI=1S/C17H18N2/c1-2-7-14(8-3-1)13-18-17-12-6-10-15-9-4-5-11-16(15)19-17/h1-5,7-9,11H,6,10,12-13H2,(H,18,19). The predicted molar refractivity (Wildman–Crippen MR) is 80.6 cm³/mol. The van der Waals surface area contributed by atoms with Crippen molar-refractivity contribution in [3.8, 4) is 0 Å². The summed E-state index contributed by atoms with van der Waals surface area (Å²) in [6.45, 7) is 0.755. The van der Waals surface area contributed by atoms with Gasteiger partial charge in [-0.2, -0.15) is 0 Å². The molecular weight excluding hydrogens is 232 g/mol. The van der Waals surface area contributed by atoms with E-state index in [0.717, 1.165) is 31.6 Å². The van der Waals surface area contributed by atoms with E-state index in [0.29, 0.717) is 0 Å². The van der Waals surface area contributed by atoms with Gasteiger partial charge < -0.3 is 5.32 Å². The lowest BCUT2D eigenvalue weighted by molar-refractivity contribution is 0.871. The predicted octanol–water partition coefficient (Wildman–Crippen LogP) is 4.03. The van der Waals surface area contributed by atoms with Gasteiger partial charge in [-0.15, -0.1) is 0 Å². The Morgan fingerprint density at radius 3 is 2.58 bits per heavy atom. The highest BCUT2D eigenvalue weighted by Crippen LogP contribution is 2.21. The highest BCUT2D eigenvalue weighted by atomic mass is 15.0. The fraction of sp³-hybridized carbons (Fsp3) is 0.235. The Bertz CT molecular complexity index is 573. The number of aliphatic imine (C=N–C) groups is 1. The van der Waals surface area contributed by atoms with Gasteiger partial charge in [0.15, 0.2) is 0 Å². The normalized spacial score (nSPS) is 16.5. The van der Waals surface area contributed by atoms with Crippen molar-refractivity contribution in [3.05, 3.63) is 65.7 Å². The Morgan fingerprint density at radius 1 is 0.895 bits per heavy atom. The summed E-state index contributed by atoms with van der Waals surface area (Å²) in [5, 5.41) is 3.48. The fourth-order valence-corrected chi connectivity index (χ4v) is 2.41. The number of aryl methyl sites for hydroxylation is 1. The van der Waals surface area contributed by atoms with Crippen molar-refractivity contribution in [2.75, 3.05) is 5.32 Å².